The van der Waals surface area contributed by atoms with Crippen molar-refractivity contribution in [2.45, 2.75) is 20.3 Å². The Morgan fingerprint density at radius 1 is 1.10 bits per heavy atom. The Balaban J connectivity index is 0. The fourth-order valence-corrected chi connectivity index (χ4v) is 0.209. The highest BCUT2D eigenvalue weighted by Crippen LogP contribution is 1.66. The standard InChI is InChI=1S/C4H10O2.C3H8O/c1-2-6-4-3-5;1-2-3-4/h5H,2-4H2,1H3;4H,2-3H2,1H3. The molecule has 0 bridgehead atoms. The summed E-state index contributed by atoms with van der Waals surface area (Å²) in [5, 5.41) is 15.9. The van der Waals surface area contributed by atoms with E-state index in [1.54, 1.807) is 0 Å². The number of hydrogen-bond acceptors (Lipinski definition) is 3. The highest BCUT2D eigenvalue weighted by molar-refractivity contribution is 4.18. The summed E-state index contributed by atoms with van der Waals surface area (Å²) in [4.78, 5) is 0. The second-order valence-corrected chi connectivity index (χ2v) is 1.64. The van der Waals surface area contributed by atoms with Crippen LogP contribution < -0.4 is 0 Å². The summed E-state index contributed by atoms with van der Waals surface area (Å²) in [5.41, 5.74) is 0. The Morgan fingerprint density at radius 2 is 1.60 bits per heavy atom. The summed E-state index contributed by atoms with van der Waals surface area (Å²) >= 11 is 0. The number of aliphatic hydroxyl groups is 2. The van der Waals surface area contributed by atoms with Gasteiger partial charge in [0.25, 0.3) is 0 Å². The molecular formula is C7H18O3. The SMILES string of the molecule is CCCO.CCOCCO. The lowest BCUT2D eigenvalue weighted by atomic mass is 10.5. The van der Waals surface area contributed by atoms with E-state index in [1.165, 1.54) is 0 Å². The van der Waals surface area contributed by atoms with Gasteiger partial charge in [-0.3, -0.25) is 0 Å². The van der Waals surface area contributed by atoms with Gasteiger partial charge in [-0.05, 0) is 13.3 Å². The Morgan fingerprint density at radius 3 is 1.70 bits per heavy atom. The van der Waals surface area contributed by atoms with Crippen LogP contribution in [-0.4, -0.2) is 36.6 Å². The highest BCUT2D eigenvalue weighted by Gasteiger charge is 1.73. The van der Waals surface area contributed by atoms with Crippen LogP contribution in [0.15, 0.2) is 0 Å². The molecule has 0 saturated carbocycles. The second kappa shape index (κ2) is 15.9. The quantitative estimate of drug-likeness (QED) is 0.570. The van der Waals surface area contributed by atoms with Gasteiger partial charge in [0.15, 0.2) is 0 Å². The molecule has 0 spiro atoms. The molecule has 0 aliphatic rings. The smallest absolute Gasteiger partial charge is 0.0697 e. The first kappa shape index (κ1) is 12.5. The monoisotopic (exact) mass is 150 g/mol. The van der Waals surface area contributed by atoms with Crippen LogP contribution in [0.2, 0.25) is 0 Å². The first-order chi connectivity index (χ1) is 4.83. The lowest BCUT2D eigenvalue weighted by Crippen LogP contribution is -1.96. The predicted molar refractivity (Wildman–Crippen MR) is 41.0 cm³/mol. The van der Waals surface area contributed by atoms with E-state index in [1.807, 2.05) is 13.8 Å². The van der Waals surface area contributed by atoms with Crippen LogP contribution in [0.1, 0.15) is 20.3 Å². The molecule has 0 atom stereocenters. The van der Waals surface area contributed by atoms with Gasteiger partial charge in [-0.2, -0.15) is 0 Å². The zero-order chi connectivity index (χ0) is 8.24. The third-order valence-corrected chi connectivity index (χ3v) is 0.663. The zero-order valence-corrected chi connectivity index (χ0v) is 6.84. The van der Waals surface area contributed by atoms with Gasteiger partial charge in [0.1, 0.15) is 0 Å². The van der Waals surface area contributed by atoms with E-state index in [9.17, 15) is 0 Å². The maximum Gasteiger partial charge on any atom is 0.0697 e. The fourth-order valence-electron chi connectivity index (χ4n) is 0.209. The van der Waals surface area contributed by atoms with Crippen molar-refractivity contribution in [3.63, 3.8) is 0 Å². The van der Waals surface area contributed by atoms with E-state index >= 15 is 0 Å². The van der Waals surface area contributed by atoms with Gasteiger partial charge in [0, 0.05) is 13.2 Å². The Bertz CT molecular complexity index is 33.8. The van der Waals surface area contributed by atoms with Crippen LogP contribution in [0.25, 0.3) is 0 Å². The first-order valence-electron chi connectivity index (χ1n) is 3.62. The first-order valence-corrected chi connectivity index (χ1v) is 3.62. The second-order valence-electron chi connectivity index (χ2n) is 1.64. The summed E-state index contributed by atoms with van der Waals surface area (Å²) in [6.07, 6.45) is 0.875. The molecule has 64 valence electrons. The van der Waals surface area contributed by atoms with Crippen LogP contribution in [0.4, 0.5) is 0 Å². The lowest BCUT2D eigenvalue weighted by Gasteiger charge is -1.91. The van der Waals surface area contributed by atoms with Crippen LogP contribution >= 0.6 is 0 Å². The van der Waals surface area contributed by atoms with Gasteiger partial charge in [-0.15, -0.1) is 0 Å². The number of aliphatic hydroxyl groups excluding tert-OH is 2. The minimum Gasteiger partial charge on any atom is -0.396 e. The number of rotatable bonds is 4. The van der Waals surface area contributed by atoms with Gasteiger partial charge in [0.05, 0.1) is 13.2 Å². The molecule has 3 nitrogen and oxygen atoms in total. The van der Waals surface area contributed by atoms with E-state index < -0.39 is 0 Å². The summed E-state index contributed by atoms with van der Waals surface area (Å²) in [6.45, 7) is 5.45. The van der Waals surface area contributed by atoms with Crippen LogP contribution in [0, 0.1) is 0 Å². The van der Waals surface area contributed by atoms with Crippen molar-refractivity contribution in [1.29, 1.82) is 0 Å². The summed E-state index contributed by atoms with van der Waals surface area (Å²) in [6, 6.07) is 0. The van der Waals surface area contributed by atoms with E-state index in [-0.39, 0.29) is 6.61 Å². The van der Waals surface area contributed by atoms with Crippen LogP contribution in [-0.2, 0) is 4.74 Å². The topological polar surface area (TPSA) is 49.7 Å². The Labute approximate surface area is 62.6 Å². The minimum atomic E-state index is 0.133. The zero-order valence-electron chi connectivity index (χ0n) is 6.84. The largest absolute Gasteiger partial charge is 0.396 e. The van der Waals surface area contributed by atoms with Gasteiger partial charge < -0.3 is 14.9 Å². The average molecular weight is 150 g/mol. The van der Waals surface area contributed by atoms with Crippen molar-refractivity contribution in [3.8, 4) is 0 Å². The Kier molecular flexibility index (Phi) is 20.0. The molecule has 0 saturated heterocycles. The van der Waals surface area contributed by atoms with Gasteiger partial charge in [-0.1, -0.05) is 6.92 Å². The van der Waals surface area contributed by atoms with Crippen LogP contribution in [0.3, 0.4) is 0 Å². The lowest BCUT2D eigenvalue weighted by molar-refractivity contribution is 0.102. The van der Waals surface area contributed by atoms with Gasteiger partial charge in [0.2, 0.25) is 0 Å². The van der Waals surface area contributed by atoms with Crippen molar-refractivity contribution in [2.75, 3.05) is 26.4 Å². The summed E-state index contributed by atoms with van der Waals surface area (Å²) in [5.74, 6) is 0. The molecule has 0 aromatic rings. The predicted octanol–water partition coefficient (Wildman–Crippen LogP) is 0.404. The van der Waals surface area contributed by atoms with Crippen molar-refractivity contribution in [3.05, 3.63) is 0 Å². The molecule has 0 aromatic carbocycles. The maximum absolute atomic E-state index is 8.07. The van der Waals surface area contributed by atoms with Crippen molar-refractivity contribution in [2.24, 2.45) is 0 Å². The van der Waals surface area contributed by atoms with Crippen molar-refractivity contribution < 1.29 is 14.9 Å². The molecule has 0 amide bonds. The highest BCUT2D eigenvalue weighted by atomic mass is 16.5. The normalized spacial score (nSPS) is 8.40. The van der Waals surface area contributed by atoms with Crippen molar-refractivity contribution >= 4 is 0 Å². The summed E-state index contributed by atoms with van der Waals surface area (Å²) in [7, 11) is 0. The molecule has 0 rings (SSSR count). The molecule has 0 heterocycles. The molecule has 0 fully saturated rings. The molecule has 10 heavy (non-hydrogen) atoms. The maximum atomic E-state index is 8.07. The fraction of sp³-hybridized carbons (Fsp3) is 1.00. The molecule has 0 aliphatic carbocycles. The van der Waals surface area contributed by atoms with E-state index in [0.29, 0.717) is 19.8 Å². The van der Waals surface area contributed by atoms with Gasteiger partial charge >= 0.3 is 0 Å². The third-order valence-electron chi connectivity index (χ3n) is 0.663. The summed E-state index contributed by atoms with van der Waals surface area (Å²) < 4.78 is 4.73. The van der Waals surface area contributed by atoms with E-state index in [0.717, 1.165) is 6.42 Å². The molecule has 0 radical (unpaired) electrons. The minimum absolute atomic E-state index is 0.133. The molecule has 2 N–H and O–H groups in total. The van der Waals surface area contributed by atoms with E-state index in [4.69, 9.17) is 14.9 Å². The third kappa shape index (κ3) is 24.8. The van der Waals surface area contributed by atoms with Crippen LogP contribution in [0.5, 0.6) is 0 Å². The average Bonchev–Trinajstić information content (AvgIpc) is 2.01. The molecule has 0 unspecified atom stereocenters. The number of hydrogen-bond donors (Lipinski definition) is 2. The molecular weight excluding hydrogens is 132 g/mol. The van der Waals surface area contributed by atoms with E-state index in [2.05, 4.69) is 0 Å². The van der Waals surface area contributed by atoms with Crippen molar-refractivity contribution in [1.82, 2.24) is 0 Å². The molecule has 0 aromatic heterocycles. The molecule has 0 aliphatic heterocycles. The number of ether oxygens (including phenoxy) is 1. The van der Waals surface area contributed by atoms with Gasteiger partial charge in [-0.25, -0.2) is 0 Å². The Hall–Kier alpha value is -0.120. The molecule has 3 heteroatoms.